The lowest BCUT2D eigenvalue weighted by molar-refractivity contribution is 0.0692. The molecule has 0 radical (unpaired) electrons. The van der Waals surface area contributed by atoms with Gasteiger partial charge in [-0.15, -0.1) is 0 Å². The highest BCUT2D eigenvalue weighted by atomic mass is 35.5. The third-order valence-corrected chi connectivity index (χ3v) is 3.20. The van der Waals surface area contributed by atoms with E-state index in [0.717, 1.165) is 5.56 Å². The number of halogens is 2. The fraction of sp³-hybridized carbons (Fsp3) is 0.133. The van der Waals surface area contributed by atoms with Crippen LogP contribution >= 0.6 is 11.6 Å². The van der Waals surface area contributed by atoms with Crippen molar-refractivity contribution in [3.05, 3.63) is 64.4 Å². The minimum atomic E-state index is -1.28. The van der Waals surface area contributed by atoms with Crippen LogP contribution in [0.1, 0.15) is 28.9 Å². The van der Waals surface area contributed by atoms with Gasteiger partial charge in [0.2, 0.25) is 0 Å². The van der Waals surface area contributed by atoms with Gasteiger partial charge in [-0.3, -0.25) is 0 Å². The van der Waals surface area contributed by atoms with Gasteiger partial charge in [0, 0.05) is 16.8 Å². The van der Waals surface area contributed by atoms with Crippen LogP contribution in [-0.4, -0.2) is 11.1 Å². The van der Waals surface area contributed by atoms with Crippen LogP contribution in [0.25, 0.3) is 0 Å². The maximum absolute atomic E-state index is 13.6. The Morgan fingerprint density at radius 3 is 2.45 bits per heavy atom. The Morgan fingerprint density at radius 1 is 1.25 bits per heavy atom. The lowest BCUT2D eigenvalue weighted by Crippen LogP contribution is -2.08. The molecule has 2 aromatic rings. The van der Waals surface area contributed by atoms with E-state index in [2.05, 4.69) is 5.32 Å². The molecule has 1 unspecified atom stereocenters. The summed E-state index contributed by atoms with van der Waals surface area (Å²) >= 11 is 5.82. The molecule has 104 valence electrons. The molecule has 2 N–H and O–H groups in total. The van der Waals surface area contributed by atoms with Crippen LogP contribution in [0, 0.1) is 5.82 Å². The van der Waals surface area contributed by atoms with Crippen LogP contribution < -0.4 is 5.32 Å². The van der Waals surface area contributed by atoms with Crippen molar-refractivity contribution in [2.24, 2.45) is 0 Å². The molecule has 20 heavy (non-hydrogen) atoms. The molecule has 0 saturated carbocycles. The van der Waals surface area contributed by atoms with E-state index < -0.39 is 11.8 Å². The third kappa shape index (κ3) is 3.27. The smallest absolute Gasteiger partial charge is 0.338 e. The zero-order valence-electron chi connectivity index (χ0n) is 10.7. The molecular weight excluding hydrogens is 281 g/mol. The van der Waals surface area contributed by atoms with Crippen LogP contribution in [-0.2, 0) is 0 Å². The summed E-state index contributed by atoms with van der Waals surface area (Å²) in [6.45, 7) is 1.92. The Morgan fingerprint density at radius 2 is 1.90 bits per heavy atom. The van der Waals surface area contributed by atoms with E-state index >= 15 is 0 Å². The lowest BCUT2D eigenvalue weighted by atomic mass is 10.1. The van der Waals surface area contributed by atoms with Gasteiger partial charge < -0.3 is 10.4 Å². The van der Waals surface area contributed by atoms with E-state index in [1.807, 2.05) is 19.1 Å². The van der Waals surface area contributed by atoms with Crippen molar-refractivity contribution in [3.63, 3.8) is 0 Å². The first-order valence-electron chi connectivity index (χ1n) is 6.02. The number of carbonyl (C=O) groups is 1. The fourth-order valence-corrected chi connectivity index (χ4v) is 1.99. The highest BCUT2D eigenvalue weighted by molar-refractivity contribution is 6.30. The molecule has 1 atom stereocenters. The average molecular weight is 294 g/mol. The second kappa shape index (κ2) is 5.92. The normalized spacial score (nSPS) is 11.9. The first-order chi connectivity index (χ1) is 9.47. The van der Waals surface area contributed by atoms with E-state index in [1.165, 1.54) is 12.1 Å². The molecule has 0 aliphatic heterocycles. The average Bonchev–Trinajstić information content (AvgIpc) is 2.39. The van der Waals surface area contributed by atoms with Crippen molar-refractivity contribution >= 4 is 23.3 Å². The van der Waals surface area contributed by atoms with Crippen molar-refractivity contribution in [3.8, 4) is 0 Å². The molecule has 2 rings (SSSR count). The molecule has 0 bridgehead atoms. The highest BCUT2D eigenvalue weighted by Gasteiger charge is 2.12. The van der Waals surface area contributed by atoms with E-state index in [0.29, 0.717) is 10.7 Å². The van der Waals surface area contributed by atoms with Crippen LogP contribution in [0.5, 0.6) is 0 Å². The van der Waals surface area contributed by atoms with Crippen LogP contribution in [0.3, 0.4) is 0 Å². The fourth-order valence-electron chi connectivity index (χ4n) is 1.86. The first kappa shape index (κ1) is 14.3. The number of rotatable bonds is 4. The maximum Gasteiger partial charge on any atom is 0.338 e. The lowest BCUT2D eigenvalue weighted by Gasteiger charge is -2.16. The van der Waals surface area contributed by atoms with Crippen molar-refractivity contribution in [2.45, 2.75) is 13.0 Å². The summed E-state index contributed by atoms with van der Waals surface area (Å²) in [6, 6.07) is 11.2. The predicted molar refractivity (Wildman–Crippen MR) is 76.8 cm³/mol. The summed E-state index contributed by atoms with van der Waals surface area (Å²) in [5.74, 6) is -2.04. The van der Waals surface area contributed by atoms with Gasteiger partial charge in [0.25, 0.3) is 0 Å². The van der Waals surface area contributed by atoms with Gasteiger partial charge in [-0.1, -0.05) is 23.7 Å². The second-order valence-corrected chi connectivity index (χ2v) is 4.85. The highest BCUT2D eigenvalue weighted by Crippen LogP contribution is 2.22. The topological polar surface area (TPSA) is 49.3 Å². The monoisotopic (exact) mass is 293 g/mol. The molecule has 0 saturated heterocycles. The van der Waals surface area contributed by atoms with Crippen LogP contribution in [0.2, 0.25) is 5.02 Å². The summed E-state index contributed by atoms with van der Waals surface area (Å²) in [4.78, 5) is 10.7. The second-order valence-electron chi connectivity index (χ2n) is 4.42. The third-order valence-electron chi connectivity index (χ3n) is 2.95. The molecule has 0 aliphatic carbocycles. The van der Waals surface area contributed by atoms with E-state index in [4.69, 9.17) is 16.7 Å². The van der Waals surface area contributed by atoms with E-state index in [-0.39, 0.29) is 11.6 Å². The van der Waals surface area contributed by atoms with Gasteiger partial charge in [0.15, 0.2) is 0 Å². The Balaban J connectivity index is 2.15. The van der Waals surface area contributed by atoms with E-state index in [9.17, 15) is 9.18 Å². The standard InChI is InChI=1S/C15H13ClFNO2/c1-9(10-2-4-11(16)5-3-10)18-12-6-7-13(15(19)20)14(17)8-12/h2-9,18H,1H3,(H,19,20). The minimum absolute atomic E-state index is 0.0534. The van der Waals surface area contributed by atoms with Crippen molar-refractivity contribution in [1.82, 2.24) is 0 Å². The van der Waals surface area contributed by atoms with Crippen molar-refractivity contribution < 1.29 is 14.3 Å². The summed E-state index contributed by atoms with van der Waals surface area (Å²) in [5.41, 5.74) is 1.18. The molecule has 0 amide bonds. The van der Waals surface area contributed by atoms with Gasteiger partial charge in [0.05, 0.1) is 5.56 Å². The molecule has 5 heteroatoms. The van der Waals surface area contributed by atoms with Gasteiger partial charge in [-0.05, 0) is 42.8 Å². The minimum Gasteiger partial charge on any atom is -0.478 e. The summed E-state index contributed by atoms with van der Waals surface area (Å²) in [5, 5.41) is 12.5. The molecule has 2 aromatic carbocycles. The molecule has 0 aromatic heterocycles. The van der Waals surface area contributed by atoms with Crippen molar-refractivity contribution in [2.75, 3.05) is 5.32 Å². The van der Waals surface area contributed by atoms with Crippen LogP contribution in [0.4, 0.5) is 10.1 Å². The summed E-state index contributed by atoms with van der Waals surface area (Å²) in [6.07, 6.45) is 0. The number of benzene rings is 2. The number of aromatic carboxylic acids is 1. The molecule has 0 spiro atoms. The number of hydrogen-bond acceptors (Lipinski definition) is 2. The Labute approximate surface area is 121 Å². The van der Waals surface area contributed by atoms with Gasteiger partial charge >= 0.3 is 5.97 Å². The van der Waals surface area contributed by atoms with Gasteiger partial charge in [-0.25, -0.2) is 9.18 Å². The maximum atomic E-state index is 13.6. The van der Waals surface area contributed by atoms with Gasteiger partial charge in [0.1, 0.15) is 5.82 Å². The predicted octanol–water partition coefficient (Wildman–Crippen LogP) is 4.35. The largest absolute Gasteiger partial charge is 0.478 e. The number of anilines is 1. The van der Waals surface area contributed by atoms with Crippen molar-refractivity contribution in [1.29, 1.82) is 0 Å². The summed E-state index contributed by atoms with van der Waals surface area (Å²) < 4.78 is 13.6. The molecule has 0 heterocycles. The quantitative estimate of drug-likeness (QED) is 0.881. The Hall–Kier alpha value is -2.07. The number of nitrogens with one attached hydrogen (secondary N) is 1. The molecule has 3 nitrogen and oxygen atoms in total. The number of carboxylic acids is 1. The zero-order chi connectivity index (χ0) is 14.7. The van der Waals surface area contributed by atoms with Crippen LogP contribution in [0.15, 0.2) is 42.5 Å². The first-order valence-corrected chi connectivity index (χ1v) is 6.40. The Bertz CT molecular complexity index is 628. The zero-order valence-corrected chi connectivity index (χ0v) is 11.5. The molecular formula is C15H13ClFNO2. The molecule has 0 aliphatic rings. The Kier molecular flexibility index (Phi) is 4.25. The summed E-state index contributed by atoms with van der Waals surface area (Å²) in [7, 11) is 0. The molecule has 0 fully saturated rings. The number of carboxylic acid groups (broad SMARTS) is 1. The SMILES string of the molecule is CC(Nc1ccc(C(=O)O)c(F)c1)c1ccc(Cl)cc1. The van der Waals surface area contributed by atoms with E-state index in [1.54, 1.807) is 18.2 Å². The number of hydrogen-bond donors (Lipinski definition) is 2. The van der Waals surface area contributed by atoms with Gasteiger partial charge in [-0.2, -0.15) is 0 Å².